The molecule has 8 heteroatoms. The van der Waals surface area contributed by atoms with Crippen LogP contribution in [0.3, 0.4) is 0 Å². The maximum Gasteiger partial charge on any atom is 0.316 e. The fraction of sp³-hybridized carbons (Fsp3) is 0.500. The minimum absolute atomic E-state index is 0.0843. The van der Waals surface area contributed by atoms with Crippen molar-refractivity contribution in [3.63, 3.8) is 0 Å². The van der Waals surface area contributed by atoms with E-state index < -0.39 is 0 Å². The minimum atomic E-state index is -0.218. The van der Waals surface area contributed by atoms with E-state index >= 15 is 0 Å². The lowest BCUT2D eigenvalue weighted by molar-refractivity contribution is -0.167. The van der Waals surface area contributed by atoms with E-state index in [4.69, 9.17) is 9.47 Å². The molecular weight excluding hydrogens is 334 g/mol. The summed E-state index contributed by atoms with van der Waals surface area (Å²) in [7, 11) is 0. The summed E-state index contributed by atoms with van der Waals surface area (Å²) in [6.45, 7) is 2.54. The van der Waals surface area contributed by atoms with Gasteiger partial charge >= 0.3 is 6.01 Å². The molecule has 136 valence electrons. The fourth-order valence-electron chi connectivity index (χ4n) is 3.64. The molecule has 2 aromatic rings. The predicted molar refractivity (Wildman–Crippen MR) is 91.5 cm³/mol. The second kappa shape index (κ2) is 7.33. The first-order chi connectivity index (χ1) is 12.7. The third kappa shape index (κ3) is 3.65. The van der Waals surface area contributed by atoms with Gasteiger partial charge in [0, 0.05) is 31.4 Å². The van der Waals surface area contributed by atoms with Gasteiger partial charge in [-0.15, -0.1) is 0 Å². The van der Waals surface area contributed by atoms with Crippen molar-refractivity contribution in [2.24, 2.45) is 5.92 Å². The van der Waals surface area contributed by atoms with Gasteiger partial charge in [-0.25, -0.2) is 15.0 Å². The second-order valence-corrected chi connectivity index (χ2v) is 6.81. The van der Waals surface area contributed by atoms with E-state index in [2.05, 4.69) is 19.9 Å². The highest BCUT2D eigenvalue weighted by molar-refractivity contribution is 5.92. The van der Waals surface area contributed by atoms with Gasteiger partial charge in [-0.05, 0) is 31.2 Å². The smallest absolute Gasteiger partial charge is 0.316 e. The zero-order valence-corrected chi connectivity index (χ0v) is 14.5. The van der Waals surface area contributed by atoms with Crippen molar-refractivity contribution >= 4 is 5.91 Å². The molecule has 1 spiro atoms. The number of aromatic nitrogens is 4. The lowest BCUT2D eigenvalue weighted by Gasteiger charge is -2.53. The van der Waals surface area contributed by atoms with Crippen LogP contribution in [-0.2, 0) is 4.74 Å². The summed E-state index contributed by atoms with van der Waals surface area (Å²) in [5, 5.41) is 0. The molecule has 2 aliphatic heterocycles. The van der Waals surface area contributed by atoms with Gasteiger partial charge in [-0.3, -0.25) is 9.78 Å². The van der Waals surface area contributed by atoms with E-state index in [-0.39, 0.29) is 11.5 Å². The molecule has 2 fully saturated rings. The molecular formula is C18H21N5O3. The molecule has 0 saturated carbocycles. The molecule has 1 atom stereocenters. The van der Waals surface area contributed by atoms with Crippen LogP contribution < -0.4 is 4.74 Å². The van der Waals surface area contributed by atoms with Gasteiger partial charge in [0.2, 0.25) is 0 Å². The van der Waals surface area contributed by atoms with Crippen molar-refractivity contribution < 1.29 is 14.3 Å². The fourth-order valence-corrected chi connectivity index (χ4v) is 3.64. The first-order valence-electron chi connectivity index (χ1n) is 8.83. The zero-order valence-electron chi connectivity index (χ0n) is 14.5. The Bertz CT molecular complexity index is 737. The summed E-state index contributed by atoms with van der Waals surface area (Å²) in [6.07, 6.45) is 10.8. The number of carbonyl (C=O) groups is 1. The molecule has 0 radical (unpaired) electrons. The van der Waals surface area contributed by atoms with Crippen LogP contribution in [0, 0.1) is 5.92 Å². The second-order valence-electron chi connectivity index (χ2n) is 6.81. The van der Waals surface area contributed by atoms with E-state index in [1.807, 2.05) is 0 Å². The standard InChI is InChI=1S/C18H21N5O3/c24-16(15-11-19-6-7-20-15)23-12-18(13-23)10-14(3-9-26-18)2-8-25-17-21-4-1-5-22-17/h1,4-7,11,14H,2-3,8-10,12-13H2/t14-/m0/s1. The number of hydrogen-bond donors (Lipinski definition) is 0. The van der Waals surface area contributed by atoms with Crippen molar-refractivity contribution in [3.05, 3.63) is 42.7 Å². The molecule has 2 saturated heterocycles. The molecule has 26 heavy (non-hydrogen) atoms. The number of hydrogen-bond acceptors (Lipinski definition) is 7. The normalized spacial score (nSPS) is 21.2. The van der Waals surface area contributed by atoms with Crippen molar-refractivity contribution in [3.8, 4) is 6.01 Å². The first kappa shape index (κ1) is 16.8. The Hall–Kier alpha value is -2.61. The summed E-state index contributed by atoms with van der Waals surface area (Å²) < 4.78 is 11.6. The third-order valence-corrected chi connectivity index (χ3v) is 4.92. The molecule has 2 aliphatic rings. The Balaban J connectivity index is 1.26. The van der Waals surface area contributed by atoms with Gasteiger partial charge in [0.1, 0.15) is 11.3 Å². The van der Waals surface area contributed by atoms with Gasteiger partial charge in [0.05, 0.1) is 25.9 Å². The Morgan fingerprint density at radius 1 is 1.23 bits per heavy atom. The average Bonchev–Trinajstić information content (AvgIpc) is 2.67. The quantitative estimate of drug-likeness (QED) is 0.800. The van der Waals surface area contributed by atoms with Crippen LogP contribution in [0.25, 0.3) is 0 Å². The third-order valence-electron chi connectivity index (χ3n) is 4.92. The lowest BCUT2D eigenvalue weighted by Crippen LogP contribution is -2.66. The monoisotopic (exact) mass is 355 g/mol. The SMILES string of the molecule is O=C(c1cnccn1)N1CC2(C[C@@H](CCOc3ncccn3)CCO2)C1. The number of amides is 1. The lowest BCUT2D eigenvalue weighted by atomic mass is 9.79. The molecule has 0 N–H and O–H groups in total. The summed E-state index contributed by atoms with van der Waals surface area (Å²) in [5.41, 5.74) is 0.162. The summed E-state index contributed by atoms with van der Waals surface area (Å²) in [4.78, 5) is 30.3. The molecule has 0 unspecified atom stereocenters. The summed E-state index contributed by atoms with van der Waals surface area (Å²) >= 11 is 0. The largest absolute Gasteiger partial charge is 0.463 e. The first-order valence-corrected chi connectivity index (χ1v) is 8.83. The number of nitrogens with zero attached hydrogens (tertiary/aromatic N) is 5. The van der Waals surface area contributed by atoms with Crippen LogP contribution >= 0.6 is 0 Å². The van der Waals surface area contributed by atoms with Gasteiger partial charge < -0.3 is 14.4 Å². The van der Waals surface area contributed by atoms with E-state index in [1.54, 1.807) is 29.6 Å². The van der Waals surface area contributed by atoms with E-state index in [0.717, 1.165) is 25.9 Å². The van der Waals surface area contributed by atoms with Gasteiger partial charge in [0.15, 0.2) is 0 Å². The molecule has 4 heterocycles. The molecule has 8 nitrogen and oxygen atoms in total. The summed E-state index contributed by atoms with van der Waals surface area (Å²) in [5.74, 6) is 0.431. The highest BCUT2D eigenvalue weighted by Crippen LogP contribution is 2.38. The van der Waals surface area contributed by atoms with Gasteiger partial charge in [-0.2, -0.15) is 0 Å². The number of ether oxygens (including phenoxy) is 2. The Morgan fingerprint density at radius 2 is 2.08 bits per heavy atom. The molecule has 0 bridgehead atoms. The van der Waals surface area contributed by atoms with Crippen LogP contribution in [0.5, 0.6) is 6.01 Å². The zero-order chi connectivity index (χ0) is 17.8. The van der Waals surface area contributed by atoms with Crippen LogP contribution in [-0.4, -0.2) is 62.6 Å². The highest BCUT2D eigenvalue weighted by Gasteiger charge is 2.49. The molecule has 0 aliphatic carbocycles. The van der Waals surface area contributed by atoms with Crippen molar-refractivity contribution in [2.45, 2.75) is 24.9 Å². The molecule has 1 amide bonds. The Labute approximate surface area is 151 Å². The summed E-state index contributed by atoms with van der Waals surface area (Å²) in [6, 6.07) is 2.18. The minimum Gasteiger partial charge on any atom is -0.463 e. The van der Waals surface area contributed by atoms with E-state index in [1.165, 1.54) is 12.4 Å². The van der Waals surface area contributed by atoms with Crippen LogP contribution in [0.2, 0.25) is 0 Å². The van der Waals surface area contributed by atoms with Crippen molar-refractivity contribution in [1.29, 1.82) is 0 Å². The van der Waals surface area contributed by atoms with Crippen LogP contribution in [0.4, 0.5) is 0 Å². The molecule has 0 aromatic carbocycles. The Morgan fingerprint density at radius 3 is 2.85 bits per heavy atom. The topological polar surface area (TPSA) is 90.3 Å². The van der Waals surface area contributed by atoms with Crippen molar-refractivity contribution in [1.82, 2.24) is 24.8 Å². The maximum absolute atomic E-state index is 12.4. The number of likely N-dealkylation sites (tertiary alicyclic amines) is 1. The molecule has 4 rings (SSSR count). The van der Waals surface area contributed by atoms with Gasteiger partial charge in [-0.1, -0.05) is 0 Å². The average molecular weight is 355 g/mol. The van der Waals surface area contributed by atoms with Crippen LogP contribution in [0.15, 0.2) is 37.1 Å². The predicted octanol–water partition coefficient (Wildman–Crippen LogP) is 1.36. The van der Waals surface area contributed by atoms with Crippen LogP contribution in [0.1, 0.15) is 29.8 Å². The van der Waals surface area contributed by atoms with Crippen molar-refractivity contribution in [2.75, 3.05) is 26.3 Å². The number of carbonyl (C=O) groups excluding carboxylic acids is 1. The van der Waals surface area contributed by atoms with E-state index in [0.29, 0.717) is 37.3 Å². The highest BCUT2D eigenvalue weighted by atomic mass is 16.5. The molecule has 2 aromatic heterocycles. The van der Waals surface area contributed by atoms with Gasteiger partial charge in [0.25, 0.3) is 5.91 Å². The number of rotatable bonds is 5. The van der Waals surface area contributed by atoms with E-state index in [9.17, 15) is 4.79 Å². The Kier molecular flexibility index (Phi) is 4.75. The maximum atomic E-state index is 12.4.